The highest BCUT2D eigenvalue weighted by Gasteiger charge is 2.42. The maximum Gasteiger partial charge on any atom is 0.257 e. The highest BCUT2D eigenvalue weighted by Crippen LogP contribution is 2.36. The monoisotopic (exact) mass is 459 g/mol. The fourth-order valence-electron chi connectivity index (χ4n) is 3.75. The predicted molar refractivity (Wildman–Crippen MR) is 105 cm³/mol. The SMILES string of the molecule is CCS(=O)(=O)N1CCC(CNC(=O)c2c(F)cc(F)cc2F)(c2ncccc2F)CC1. The van der Waals surface area contributed by atoms with Crippen LogP contribution in [-0.2, 0) is 15.4 Å². The van der Waals surface area contributed by atoms with Crippen molar-refractivity contribution < 1.29 is 30.8 Å². The van der Waals surface area contributed by atoms with Crippen molar-refractivity contribution in [1.82, 2.24) is 14.6 Å². The molecule has 0 radical (unpaired) electrons. The molecule has 0 unspecified atom stereocenters. The van der Waals surface area contributed by atoms with Gasteiger partial charge in [0.15, 0.2) is 0 Å². The van der Waals surface area contributed by atoms with Crippen LogP contribution in [0.2, 0.25) is 0 Å². The first kappa shape index (κ1) is 23.1. The Morgan fingerprint density at radius 1 is 1.13 bits per heavy atom. The number of pyridine rings is 1. The summed E-state index contributed by atoms with van der Waals surface area (Å²) in [6.07, 6.45) is 1.64. The summed E-state index contributed by atoms with van der Waals surface area (Å²) in [6.45, 7) is 1.42. The molecule has 1 N–H and O–H groups in total. The van der Waals surface area contributed by atoms with Crippen LogP contribution in [0.1, 0.15) is 35.8 Å². The van der Waals surface area contributed by atoms with Crippen LogP contribution in [0.25, 0.3) is 0 Å². The number of sulfonamides is 1. The van der Waals surface area contributed by atoms with Crippen molar-refractivity contribution in [3.63, 3.8) is 0 Å². The topological polar surface area (TPSA) is 79.4 Å². The van der Waals surface area contributed by atoms with Crippen molar-refractivity contribution in [3.8, 4) is 0 Å². The Labute approximate surface area is 177 Å². The van der Waals surface area contributed by atoms with E-state index in [1.165, 1.54) is 29.6 Å². The number of rotatable bonds is 6. The first-order valence-electron chi connectivity index (χ1n) is 9.61. The van der Waals surface area contributed by atoms with Gasteiger partial charge < -0.3 is 5.32 Å². The second kappa shape index (κ2) is 8.91. The molecule has 1 fully saturated rings. The van der Waals surface area contributed by atoms with Crippen LogP contribution in [0.4, 0.5) is 17.6 Å². The van der Waals surface area contributed by atoms with Crippen LogP contribution in [-0.4, -0.2) is 49.0 Å². The lowest BCUT2D eigenvalue weighted by Crippen LogP contribution is -2.51. The van der Waals surface area contributed by atoms with Crippen molar-refractivity contribution in [3.05, 3.63) is 65.0 Å². The maximum atomic E-state index is 14.6. The molecule has 1 amide bonds. The molecule has 1 aromatic carbocycles. The van der Waals surface area contributed by atoms with Crippen LogP contribution in [0.3, 0.4) is 0 Å². The van der Waals surface area contributed by atoms with E-state index in [0.29, 0.717) is 12.1 Å². The summed E-state index contributed by atoms with van der Waals surface area (Å²) >= 11 is 0. The second-order valence-corrected chi connectivity index (χ2v) is 9.60. The van der Waals surface area contributed by atoms with Gasteiger partial charge in [0.1, 0.15) is 28.8 Å². The third-order valence-corrected chi connectivity index (χ3v) is 7.40. The molecule has 11 heteroatoms. The van der Waals surface area contributed by atoms with Gasteiger partial charge in [0.05, 0.1) is 11.4 Å². The lowest BCUT2D eigenvalue weighted by Gasteiger charge is -2.41. The number of nitrogens with one attached hydrogen (secondary N) is 1. The molecule has 31 heavy (non-hydrogen) atoms. The van der Waals surface area contributed by atoms with Gasteiger partial charge in [0, 0.05) is 43.4 Å². The zero-order valence-corrected chi connectivity index (χ0v) is 17.5. The summed E-state index contributed by atoms with van der Waals surface area (Å²) in [6, 6.07) is 3.37. The van der Waals surface area contributed by atoms with Crippen molar-refractivity contribution >= 4 is 15.9 Å². The van der Waals surface area contributed by atoms with Crippen LogP contribution < -0.4 is 5.32 Å². The number of carbonyl (C=O) groups is 1. The Balaban J connectivity index is 1.88. The van der Waals surface area contributed by atoms with E-state index in [-0.39, 0.29) is 43.9 Å². The van der Waals surface area contributed by atoms with Gasteiger partial charge in [-0.05, 0) is 31.9 Å². The molecule has 0 atom stereocenters. The van der Waals surface area contributed by atoms with Crippen LogP contribution in [0, 0.1) is 23.3 Å². The molecule has 0 bridgehead atoms. The Kier molecular flexibility index (Phi) is 6.65. The quantitative estimate of drug-likeness (QED) is 0.674. The number of aromatic nitrogens is 1. The van der Waals surface area contributed by atoms with Crippen molar-refractivity contribution in [2.24, 2.45) is 0 Å². The average Bonchev–Trinajstić information content (AvgIpc) is 2.72. The normalized spacial score (nSPS) is 16.8. The van der Waals surface area contributed by atoms with E-state index < -0.39 is 50.2 Å². The number of hydrogen-bond acceptors (Lipinski definition) is 4. The molecule has 3 rings (SSSR count). The third kappa shape index (κ3) is 4.72. The van der Waals surface area contributed by atoms with Gasteiger partial charge >= 0.3 is 0 Å². The summed E-state index contributed by atoms with van der Waals surface area (Å²) < 4.78 is 81.2. The standard InChI is InChI=1S/C20H21F4N3O3S/c1-2-31(29,30)27-8-5-20(6-9-27,18-14(22)4-3-7-25-18)12-26-19(28)17-15(23)10-13(21)11-16(17)24/h3-4,7,10-11H,2,5-6,8-9,12H2,1H3,(H,26,28). The van der Waals surface area contributed by atoms with Gasteiger partial charge in [-0.1, -0.05) is 0 Å². The minimum atomic E-state index is -3.46. The third-order valence-electron chi connectivity index (χ3n) is 5.52. The molecule has 0 saturated carbocycles. The Hall–Kier alpha value is -2.53. The molecule has 1 aliphatic heterocycles. The van der Waals surface area contributed by atoms with E-state index in [9.17, 15) is 30.8 Å². The average molecular weight is 459 g/mol. The predicted octanol–water partition coefficient (Wildman–Crippen LogP) is 2.75. The van der Waals surface area contributed by atoms with Gasteiger partial charge in [-0.2, -0.15) is 0 Å². The molecule has 0 spiro atoms. The largest absolute Gasteiger partial charge is 0.351 e. The second-order valence-electron chi connectivity index (χ2n) is 7.34. The molecule has 1 aromatic heterocycles. The van der Waals surface area contributed by atoms with Crippen molar-refractivity contribution in [2.45, 2.75) is 25.2 Å². The number of amides is 1. The fraction of sp³-hybridized carbons (Fsp3) is 0.400. The Morgan fingerprint density at radius 3 is 2.29 bits per heavy atom. The van der Waals surface area contributed by atoms with E-state index in [4.69, 9.17) is 0 Å². The lowest BCUT2D eigenvalue weighted by atomic mass is 9.75. The molecule has 1 saturated heterocycles. The van der Waals surface area contributed by atoms with Gasteiger partial charge in [-0.3, -0.25) is 9.78 Å². The number of piperidine rings is 1. The molecule has 1 aliphatic rings. The number of nitrogens with zero attached hydrogens (tertiary/aromatic N) is 2. The molecule has 168 valence electrons. The van der Waals surface area contributed by atoms with E-state index in [1.807, 2.05) is 0 Å². The van der Waals surface area contributed by atoms with Gasteiger partial charge in [-0.15, -0.1) is 0 Å². The molecule has 6 nitrogen and oxygen atoms in total. The minimum Gasteiger partial charge on any atom is -0.351 e. The molecule has 2 heterocycles. The molecule has 2 aromatic rings. The van der Waals surface area contributed by atoms with E-state index in [0.717, 1.165) is 0 Å². The van der Waals surface area contributed by atoms with Crippen molar-refractivity contribution in [1.29, 1.82) is 0 Å². The smallest absolute Gasteiger partial charge is 0.257 e. The zero-order chi connectivity index (χ0) is 22.8. The lowest BCUT2D eigenvalue weighted by molar-refractivity contribution is 0.0922. The summed E-state index contributed by atoms with van der Waals surface area (Å²) in [5, 5.41) is 2.39. The molecular formula is C20H21F4N3O3S. The van der Waals surface area contributed by atoms with E-state index >= 15 is 0 Å². The maximum absolute atomic E-state index is 14.6. The van der Waals surface area contributed by atoms with Crippen LogP contribution >= 0.6 is 0 Å². The van der Waals surface area contributed by atoms with E-state index in [1.54, 1.807) is 0 Å². The van der Waals surface area contributed by atoms with Crippen LogP contribution in [0.15, 0.2) is 30.5 Å². The summed E-state index contributed by atoms with van der Waals surface area (Å²) in [5.74, 6) is -5.74. The van der Waals surface area contributed by atoms with Gasteiger partial charge in [0.25, 0.3) is 5.91 Å². The van der Waals surface area contributed by atoms with Gasteiger partial charge in [-0.25, -0.2) is 30.3 Å². The van der Waals surface area contributed by atoms with E-state index in [2.05, 4.69) is 10.3 Å². The highest BCUT2D eigenvalue weighted by molar-refractivity contribution is 7.89. The summed E-state index contributed by atoms with van der Waals surface area (Å²) in [7, 11) is -3.46. The van der Waals surface area contributed by atoms with Gasteiger partial charge in [0.2, 0.25) is 10.0 Å². The van der Waals surface area contributed by atoms with Crippen molar-refractivity contribution in [2.75, 3.05) is 25.4 Å². The number of halogens is 4. The fourth-order valence-corrected chi connectivity index (χ4v) is 4.85. The zero-order valence-electron chi connectivity index (χ0n) is 16.7. The molecular weight excluding hydrogens is 438 g/mol. The minimum absolute atomic E-state index is 0.0314. The number of benzene rings is 1. The van der Waals surface area contributed by atoms with Crippen LogP contribution in [0.5, 0.6) is 0 Å². The first-order chi connectivity index (χ1) is 14.6. The molecule has 0 aliphatic carbocycles. The Bertz CT molecular complexity index is 1060. The summed E-state index contributed by atoms with van der Waals surface area (Å²) in [5.41, 5.74) is -2.01. The highest BCUT2D eigenvalue weighted by atomic mass is 32.2. The number of carbonyl (C=O) groups excluding carboxylic acids is 1. The first-order valence-corrected chi connectivity index (χ1v) is 11.2. The summed E-state index contributed by atoms with van der Waals surface area (Å²) in [4.78, 5) is 16.5. The Morgan fingerprint density at radius 2 is 1.74 bits per heavy atom. The number of hydrogen-bond donors (Lipinski definition) is 1.